The van der Waals surface area contributed by atoms with Crippen LogP contribution in [0.1, 0.15) is 11.1 Å². The minimum absolute atomic E-state index is 0.455. The van der Waals surface area contributed by atoms with Gasteiger partial charge >= 0.3 is 6.18 Å². The zero-order chi connectivity index (χ0) is 21.1. The molecule has 1 aromatic heterocycles. The Kier molecular flexibility index (Phi) is 5.83. The number of hydrogen-bond acceptors (Lipinski definition) is 4. The van der Waals surface area contributed by atoms with E-state index in [0.29, 0.717) is 21.7 Å². The molecule has 0 radical (unpaired) electrons. The molecule has 30 heavy (non-hydrogen) atoms. The molecular weight excluding hydrogens is 431 g/mol. The van der Waals surface area contributed by atoms with Gasteiger partial charge in [-0.15, -0.1) is 0 Å². The van der Waals surface area contributed by atoms with Gasteiger partial charge in [-0.25, -0.2) is 9.97 Å². The Labute approximate surface area is 180 Å². The lowest BCUT2D eigenvalue weighted by Gasteiger charge is -2.11. The number of halogens is 4. The van der Waals surface area contributed by atoms with Gasteiger partial charge in [0.1, 0.15) is 5.82 Å². The molecule has 0 fully saturated rings. The number of hydrogen-bond donors (Lipinski definition) is 1. The van der Waals surface area contributed by atoms with Crippen LogP contribution in [0.3, 0.4) is 0 Å². The Hall–Kier alpha value is -2.77. The summed E-state index contributed by atoms with van der Waals surface area (Å²) in [6.07, 6.45) is -4.34. The maximum Gasteiger partial charge on any atom is 0.416 e. The van der Waals surface area contributed by atoms with Gasteiger partial charge in [0.05, 0.1) is 11.1 Å². The summed E-state index contributed by atoms with van der Waals surface area (Å²) >= 11 is 7.31. The molecule has 4 rings (SSSR count). The highest BCUT2D eigenvalue weighted by atomic mass is 35.5. The van der Waals surface area contributed by atoms with Crippen molar-refractivity contribution in [3.8, 4) is 0 Å². The number of para-hydroxylation sites is 1. The molecular formula is C22H15ClF3N3S. The van der Waals surface area contributed by atoms with Crippen molar-refractivity contribution in [1.82, 2.24) is 9.97 Å². The summed E-state index contributed by atoms with van der Waals surface area (Å²) < 4.78 is 38.2. The lowest BCUT2D eigenvalue weighted by atomic mass is 10.1. The van der Waals surface area contributed by atoms with E-state index >= 15 is 0 Å². The number of rotatable bonds is 5. The lowest BCUT2D eigenvalue weighted by molar-refractivity contribution is -0.137. The first kappa shape index (κ1) is 20.5. The predicted octanol–water partition coefficient (Wildman–Crippen LogP) is 7.34. The third kappa shape index (κ3) is 4.86. The SMILES string of the molecule is FC(F)(F)c1ccc(CSc2nc(Nc3ccc(Cl)cc3)c3ccccc3n2)cc1. The predicted molar refractivity (Wildman–Crippen MR) is 115 cm³/mol. The molecule has 0 aliphatic carbocycles. The van der Waals surface area contributed by atoms with E-state index in [1.807, 2.05) is 36.4 Å². The van der Waals surface area contributed by atoms with Crippen LogP contribution in [0.15, 0.2) is 78.0 Å². The lowest BCUT2D eigenvalue weighted by Crippen LogP contribution is -2.04. The molecule has 0 saturated heterocycles. The van der Waals surface area contributed by atoms with Crippen LogP contribution in [-0.2, 0) is 11.9 Å². The van der Waals surface area contributed by atoms with E-state index in [0.717, 1.165) is 34.3 Å². The minimum Gasteiger partial charge on any atom is -0.340 e. The van der Waals surface area contributed by atoms with E-state index < -0.39 is 11.7 Å². The zero-order valence-electron chi connectivity index (χ0n) is 15.4. The highest BCUT2D eigenvalue weighted by molar-refractivity contribution is 7.98. The molecule has 8 heteroatoms. The molecule has 0 unspecified atom stereocenters. The van der Waals surface area contributed by atoms with Crippen LogP contribution in [-0.4, -0.2) is 9.97 Å². The molecule has 0 saturated carbocycles. The average molecular weight is 446 g/mol. The summed E-state index contributed by atoms with van der Waals surface area (Å²) in [5, 5.41) is 5.33. The van der Waals surface area contributed by atoms with E-state index in [1.54, 1.807) is 12.1 Å². The number of benzene rings is 3. The second-order valence-electron chi connectivity index (χ2n) is 6.49. The van der Waals surface area contributed by atoms with E-state index in [9.17, 15) is 13.2 Å². The maximum atomic E-state index is 12.7. The summed E-state index contributed by atoms with van der Waals surface area (Å²) in [5.74, 6) is 1.11. The molecule has 152 valence electrons. The number of fused-ring (bicyclic) bond motifs is 1. The quantitative estimate of drug-likeness (QED) is 0.257. The highest BCUT2D eigenvalue weighted by Gasteiger charge is 2.29. The fourth-order valence-electron chi connectivity index (χ4n) is 2.82. The number of thioether (sulfide) groups is 1. The highest BCUT2D eigenvalue weighted by Crippen LogP contribution is 2.31. The van der Waals surface area contributed by atoms with Gasteiger partial charge in [0, 0.05) is 21.8 Å². The maximum absolute atomic E-state index is 12.7. The number of alkyl halides is 3. The van der Waals surface area contributed by atoms with Crippen LogP contribution >= 0.6 is 23.4 Å². The second-order valence-corrected chi connectivity index (χ2v) is 7.87. The molecule has 4 aromatic rings. The first-order chi connectivity index (χ1) is 14.4. The Bertz CT molecular complexity index is 1160. The average Bonchev–Trinajstić information content (AvgIpc) is 2.73. The summed E-state index contributed by atoms with van der Waals surface area (Å²) in [5.41, 5.74) is 1.71. The Morgan fingerprint density at radius 2 is 1.57 bits per heavy atom. The van der Waals surface area contributed by atoms with Gasteiger partial charge in [-0.3, -0.25) is 0 Å². The Morgan fingerprint density at radius 3 is 2.27 bits per heavy atom. The van der Waals surface area contributed by atoms with Gasteiger partial charge in [0.25, 0.3) is 0 Å². The Morgan fingerprint density at radius 1 is 0.867 bits per heavy atom. The third-order valence-electron chi connectivity index (χ3n) is 4.34. The largest absolute Gasteiger partial charge is 0.416 e. The first-order valence-corrected chi connectivity index (χ1v) is 10.3. The van der Waals surface area contributed by atoms with Crippen molar-refractivity contribution in [3.05, 3.63) is 88.9 Å². The molecule has 0 bridgehead atoms. The van der Waals surface area contributed by atoms with Crippen molar-refractivity contribution in [2.45, 2.75) is 17.1 Å². The number of nitrogens with one attached hydrogen (secondary N) is 1. The summed E-state index contributed by atoms with van der Waals surface area (Å²) in [4.78, 5) is 9.19. The van der Waals surface area contributed by atoms with Crippen molar-refractivity contribution in [1.29, 1.82) is 0 Å². The van der Waals surface area contributed by atoms with Crippen LogP contribution in [0.5, 0.6) is 0 Å². The number of anilines is 2. The van der Waals surface area contributed by atoms with Gasteiger partial charge in [-0.2, -0.15) is 13.2 Å². The number of nitrogens with zero attached hydrogens (tertiary/aromatic N) is 2. The monoisotopic (exact) mass is 445 g/mol. The molecule has 0 spiro atoms. The molecule has 3 aromatic carbocycles. The molecule has 1 heterocycles. The van der Waals surface area contributed by atoms with Crippen molar-refractivity contribution in [2.75, 3.05) is 5.32 Å². The van der Waals surface area contributed by atoms with Crippen LogP contribution in [0.4, 0.5) is 24.7 Å². The minimum atomic E-state index is -4.34. The van der Waals surface area contributed by atoms with E-state index in [4.69, 9.17) is 11.6 Å². The molecule has 0 amide bonds. The molecule has 0 atom stereocenters. The van der Waals surface area contributed by atoms with Crippen molar-refractivity contribution < 1.29 is 13.2 Å². The standard InChI is InChI=1S/C22H15ClF3N3S/c23-16-9-11-17(12-10-16)27-20-18-3-1-2-4-19(18)28-21(29-20)30-13-14-5-7-15(8-6-14)22(24,25)26/h1-12H,13H2,(H,27,28,29). The zero-order valence-corrected chi connectivity index (χ0v) is 17.0. The first-order valence-electron chi connectivity index (χ1n) is 8.97. The van der Waals surface area contributed by atoms with E-state index in [1.165, 1.54) is 23.9 Å². The number of aromatic nitrogens is 2. The van der Waals surface area contributed by atoms with Crippen LogP contribution in [0.25, 0.3) is 10.9 Å². The van der Waals surface area contributed by atoms with Gasteiger partial charge in [0.2, 0.25) is 0 Å². The molecule has 3 nitrogen and oxygen atoms in total. The Balaban J connectivity index is 1.57. The third-order valence-corrected chi connectivity index (χ3v) is 5.51. The fourth-order valence-corrected chi connectivity index (χ4v) is 3.76. The summed E-state index contributed by atoms with van der Waals surface area (Å²) in [7, 11) is 0. The van der Waals surface area contributed by atoms with E-state index in [2.05, 4.69) is 15.3 Å². The topological polar surface area (TPSA) is 37.8 Å². The molecule has 0 aliphatic heterocycles. The van der Waals surface area contributed by atoms with Crippen molar-refractivity contribution in [2.24, 2.45) is 0 Å². The smallest absolute Gasteiger partial charge is 0.340 e. The van der Waals surface area contributed by atoms with Crippen LogP contribution < -0.4 is 5.32 Å². The van der Waals surface area contributed by atoms with Gasteiger partial charge in [0.15, 0.2) is 5.16 Å². The second kappa shape index (κ2) is 8.53. The van der Waals surface area contributed by atoms with Gasteiger partial charge < -0.3 is 5.32 Å². The van der Waals surface area contributed by atoms with Crippen LogP contribution in [0, 0.1) is 0 Å². The summed E-state index contributed by atoms with van der Waals surface area (Å²) in [6.45, 7) is 0. The fraction of sp³-hybridized carbons (Fsp3) is 0.0909. The molecule has 1 N–H and O–H groups in total. The molecule has 0 aliphatic rings. The van der Waals surface area contributed by atoms with Crippen molar-refractivity contribution in [3.63, 3.8) is 0 Å². The normalized spacial score (nSPS) is 11.6. The van der Waals surface area contributed by atoms with Gasteiger partial charge in [-0.05, 0) is 54.1 Å². The van der Waals surface area contributed by atoms with E-state index in [-0.39, 0.29) is 0 Å². The summed E-state index contributed by atoms with van der Waals surface area (Å²) in [6, 6.07) is 20.0. The van der Waals surface area contributed by atoms with Gasteiger partial charge in [-0.1, -0.05) is 47.6 Å². The van der Waals surface area contributed by atoms with Crippen molar-refractivity contribution >= 4 is 45.8 Å². The van der Waals surface area contributed by atoms with Crippen LogP contribution in [0.2, 0.25) is 5.02 Å².